The minimum atomic E-state index is -1.09. The normalized spacial score (nSPS) is 10.3. The molecule has 0 saturated heterocycles. The molecule has 0 aliphatic rings. The molecule has 7 nitrogen and oxygen atoms in total. The number of nitrogens with zero attached hydrogens (tertiary/aromatic N) is 2. The molecule has 2 rings (SSSR count). The monoisotopic (exact) mass is 277 g/mol. The summed E-state index contributed by atoms with van der Waals surface area (Å²) in [5.41, 5.74) is 0. The molecule has 0 aliphatic carbocycles. The fourth-order valence-corrected chi connectivity index (χ4v) is 1.62. The van der Waals surface area contributed by atoms with Gasteiger partial charge in [-0.1, -0.05) is 0 Å². The van der Waals surface area contributed by atoms with Crippen LogP contribution >= 0.6 is 0 Å². The van der Waals surface area contributed by atoms with Gasteiger partial charge in [-0.2, -0.15) is 4.98 Å². The predicted molar refractivity (Wildman–Crippen MR) is 70.9 cm³/mol. The van der Waals surface area contributed by atoms with Gasteiger partial charge in [0.1, 0.15) is 17.4 Å². The zero-order valence-electron chi connectivity index (χ0n) is 11.2. The van der Waals surface area contributed by atoms with E-state index in [9.17, 15) is 4.79 Å². The van der Waals surface area contributed by atoms with Crippen LogP contribution in [-0.4, -0.2) is 27.7 Å². The van der Waals surface area contributed by atoms with Crippen LogP contribution in [0.25, 0.3) is 0 Å². The van der Waals surface area contributed by atoms with Crippen molar-refractivity contribution in [3.63, 3.8) is 0 Å². The molecule has 2 aromatic heterocycles. The van der Waals surface area contributed by atoms with Gasteiger partial charge in [-0.15, -0.1) is 0 Å². The van der Waals surface area contributed by atoms with Crippen LogP contribution in [0.1, 0.15) is 29.1 Å². The van der Waals surface area contributed by atoms with Gasteiger partial charge >= 0.3 is 5.97 Å². The van der Waals surface area contributed by atoms with Crippen molar-refractivity contribution in [2.24, 2.45) is 0 Å². The first-order valence-corrected chi connectivity index (χ1v) is 6.13. The highest BCUT2D eigenvalue weighted by Crippen LogP contribution is 2.15. The Labute approximate surface area is 115 Å². The van der Waals surface area contributed by atoms with E-state index in [1.807, 2.05) is 6.92 Å². The van der Waals surface area contributed by atoms with E-state index in [2.05, 4.69) is 15.3 Å². The van der Waals surface area contributed by atoms with Crippen molar-refractivity contribution >= 4 is 11.8 Å². The van der Waals surface area contributed by atoms with Gasteiger partial charge in [-0.25, -0.2) is 9.78 Å². The van der Waals surface area contributed by atoms with E-state index < -0.39 is 5.97 Å². The van der Waals surface area contributed by atoms with Gasteiger partial charge in [0.15, 0.2) is 0 Å². The molecular formula is C13H15N3O4. The number of ether oxygens (including phenoxy) is 1. The molecule has 0 amide bonds. The summed E-state index contributed by atoms with van der Waals surface area (Å²) in [7, 11) is 0. The molecule has 0 bridgehead atoms. The smallest absolute Gasteiger partial charge is 0.371 e. The summed E-state index contributed by atoms with van der Waals surface area (Å²) in [6, 6.07) is 4.70. The molecule has 2 N–H and O–H groups in total. The topological polar surface area (TPSA) is 97.5 Å². The Bertz CT molecular complexity index is 609. The van der Waals surface area contributed by atoms with Gasteiger partial charge in [0.25, 0.3) is 0 Å². The summed E-state index contributed by atoms with van der Waals surface area (Å²) in [5.74, 6) is 1.01. The van der Waals surface area contributed by atoms with Crippen molar-refractivity contribution in [2.75, 3.05) is 11.9 Å². The average Bonchev–Trinajstić information content (AvgIpc) is 2.85. The first-order valence-electron chi connectivity index (χ1n) is 6.13. The van der Waals surface area contributed by atoms with Crippen LogP contribution in [0.15, 0.2) is 22.6 Å². The van der Waals surface area contributed by atoms with Gasteiger partial charge in [0, 0.05) is 6.07 Å². The van der Waals surface area contributed by atoms with Crippen LogP contribution in [0.4, 0.5) is 5.82 Å². The van der Waals surface area contributed by atoms with Gasteiger partial charge in [-0.05, 0) is 26.0 Å². The lowest BCUT2D eigenvalue weighted by molar-refractivity contribution is 0.0660. The highest BCUT2D eigenvalue weighted by atomic mass is 16.5. The zero-order valence-corrected chi connectivity index (χ0v) is 11.2. The molecule has 0 aromatic carbocycles. The van der Waals surface area contributed by atoms with Crippen LogP contribution < -0.4 is 10.1 Å². The number of aromatic carboxylic acids is 1. The molecule has 2 aromatic rings. The second-order valence-corrected chi connectivity index (χ2v) is 4.00. The fourth-order valence-electron chi connectivity index (χ4n) is 1.62. The minimum absolute atomic E-state index is 0.0873. The molecule has 106 valence electrons. The number of nitrogens with one attached hydrogen (secondary N) is 1. The molecule has 20 heavy (non-hydrogen) atoms. The van der Waals surface area contributed by atoms with Crippen LogP contribution in [0.2, 0.25) is 0 Å². The Balaban J connectivity index is 2.04. The first kappa shape index (κ1) is 13.9. The van der Waals surface area contributed by atoms with Crippen molar-refractivity contribution in [3.05, 3.63) is 35.5 Å². The van der Waals surface area contributed by atoms with E-state index in [1.165, 1.54) is 6.07 Å². The van der Waals surface area contributed by atoms with Crippen molar-refractivity contribution in [3.8, 4) is 5.88 Å². The van der Waals surface area contributed by atoms with E-state index in [-0.39, 0.29) is 5.76 Å². The highest BCUT2D eigenvalue weighted by molar-refractivity contribution is 5.84. The van der Waals surface area contributed by atoms with E-state index in [0.717, 1.165) is 0 Å². The summed E-state index contributed by atoms with van der Waals surface area (Å²) in [5, 5.41) is 11.8. The number of aromatic nitrogens is 2. The summed E-state index contributed by atoms with van der Waals surface area (Å²) in [6.07, 6.45) is 0. The third kappa shape index (κ3) is 3.47. The van der Waals surface area contributed by atoms with Crippen molar-refractivity contribution in [1.29, 1.82) is 0 Å². The van der Waals surface area contributed by atoms with E-state index in [4.69, 9.17) is 14.3 Å². The van der Waals surface area contributed by atoms with Gasteiger partial charge < -0.3 is 19.6 Å². The molecule has 0 fully saturated rings. The number of aryl methyl sites for hydroxylation is 1. The zero-order chi connectivity index (χ0) is 14.5. The molecular weight excluding hydrogens is 262 g/mol. The van der Waals surface area contributed by atoms with E-state index >= 15 is 0 Å². The quantitative estimate of drug-likeness (QED) is 0.834. The Morgan fingerprint density at radius 3 is 2.90 bits per heavy atom. The summed E-state index contributed by atoms with van der Waals surface area (Å²) >= 11 is 0. The minimum Gasteiger partial charge on any atom is -0.478 e. The highest BCUT2D eigenvalue weighted by Gasteiger charge is 2.09. The van der Waals surface area contributed by atoms with Crippen molar-refractivity contribution in [2.45, 2.75) is 20.4 Å². The Hall–Kier alpha value is -2.57. The third-order valence-corrected chi connectivity index (χ3v) is 2.42. The predicted octanol–water partition coefficient (Wildman–Crippen LogP) is 2.09. The number of hydrogen-bond donors (Lipinski definition) is 2. The lowest BCUT2D eigenvalue weighted by atomic mass is 10.4. The molecule has 7 heteroatoms. The molecule has 0 atom stereocenters. The summed E-state index contributed by atoms with van der Waals surface area (Å²) in [4.78, 5) is 19.0. The Kier molecular flexibility index (Phi) is 4.19. The SMILES string of the molecule is CCOc1cc(NCc2ccc(C(=O)O)o2)nc(C)n1. The standard InChI is InChI=1S/C13H15N3O4/c1-3-19-12-6-11(15-8(2)16-12)14-7-9-4-5-10(20-9)13(17)18/h4-6H,3,7H2,1-2H3,(H,17,18)(H,14,15,16). The second-order valence-electron chi connectivity index (χ2n) is 4.00. The third-order valence-electron chi connectivity index (χ3n) is 2.42. The second kappa shape index (κ2) is 6.05. The molecule has 0 saturated carbocycles. The van der Waals surface area contributed by atoms with Gasteiger partial charge in [0.2, 0.25) is 11.6 Å². The molecule has 0 radical (unpaired) electrons. The maximum Gasteiger partial charge on any atom is 0.371 e. The summed E-state index contributed by atoms with van der Waals surface area (Å²) in [6.45, 7) is 4.50. The van der Waals surface area contributed by atoms with Crippen LogP contribution in [0.3, 0.4) is 0 Å². The van der Waals surface area contributed by atoms with Crippen molar-refractivity contribution < 1.29 is 19.1 Å². The average molecular weight is 277 g/mol. The van der Waals surface area contributed by atoms with Crippen LogP contribution in [-0.2, 0) is 6.54 Å². The first-order chi connectivity index (χ1) is 9.58. The van der Waals surface area contributed by atoms with Gasteiger partial charge in [-0.3, -0.25) is 0 Å². The molecule has 2 heterocycles. The lowest BCUT2D eigenvalue weighted by Crippen LogP contribution is -2.04. The number of carboxylic acid groups (broad SMARTS) is 1. The van der Waals surface area contributed by atoms with E-state index in [1.54, 1.807) is 19.1 Å². The van der Waals surface area contributed by atoms with E-state index in [0.29, 0.717) is 36.4 Å². The lowest BCUT2D eigenvalue weighted by Gasteiger charge is -2.07. The number of carbonyl (C=O) groups is 1. The van der Waals surface area contributed by atoms with Crippen LogP contribution in [0, 0.1) is 6.92 Å². The number of rotatable bonds is 6. The molecule has 0 spiro atoms. The van der Waals surface area contributed by atoms with Crippen LogP contribution in [0.5, 0.6) is 5.88 Å². The largest absolute Gasteiger partial charge is 0.478 e. The number of anilines is 1. The Morgan fingerprint density at radius 1 is 1.45 bits per heavy atom. The van der Waals surface area contributed by atoms with Gasteiger partial charge in [0.05, 0.1) is 13.2 Å². The summed E-state index contributed by atoms with van der Waals surface area (Å²) < 4.78 is 10.5. The maximum absolute atomic E-state index is 10.7. The fraction of sp³-hybridized carbons (Fsp3) is 0.308. The molecule has 0 aliphatic heterocycles. The number of hydrogen-bond acceptors (Lipinski definition) is 6. The Morgan fingerprint density at radius 2 is 2.25 bits per heavy atom. The maximum atomic E-state index is 10.7. The molecule has 0 unspecified atom stereocenters. The van der Waals surface area contributed by atoms with Crippen molar-refractivity contribution in [1.82, 2.24) is 9.97 Å². The number of furan rings is 1. The number of carboxylic acids is 1.